The Bertz CT molecular complexity index is 3570. The van der Waals surface area contributed by atoms with Gasteiger partial charge in [0.15, 0.2) is 0 Å². The molecule has 0 bridgehead atoms. The summed E-state index contributed by atoms with van der Waals surface area (Å²) >= 11 is 3.74. The third-order valence-corrected chi connectivity index (χ3v) is 14.5. The maximum atomic E-state index is 2.37. The van der Waals surface area contributed by atoms with E-state index < -0.39 is 0 Å². The number of nitrogens with zero attached hydrogens (tertiary/aromatic N) is 1. The van der Waals surface area contributed by atoms with Gasteiger partial charge in [-0.2, -0.15) is 0 Å². The van der Waals surface area contributed by atoms with E-state index in [9.17, 15) is 0 Å². The highest BCUT2D eigenvalue weighted by Gasteiger charge is 2.16. The van der Waals surface area contributed by atoms with Crippen LogP contribution in [0.3, 0.4) is 0 Å². The molecule has 0 radical (unpaired) electrons. The van der Waals surface area contributed by atoms with Gasteiger partial charge in [-0.15, -0.1) is 22.7 Å². The lowest BCUT2D eigenvalue weighted by molar-refractivity contribution is 1.28. The molecule has 0 aliphatic heterocycles. The van der Waals surface area contributed by atoms with Crippen molar-refractivity contribution in [1.29, 1.82) is 0 Å². The Hall–Kier alpha value is -7.30. The fourth-order valence-corrected chi connectivity index (χ4v) is 11.4. The van der Waals surface area contributed by atoms with E-state index in [1.807, 2.05) is 22.7 Å². The molecule has 12 aromatic rings. The lowest BCUT2D eigenvalue weighted by Gasteiger charge is -2.26. The fraction of sp³-hybridized carbons (Fsp3) is 0. The summed E-state index contributed by atoms with van der Waals surface area (Å²) in [4.78, 5) is 2.37. The van der Waals surface area contributed by atoms with E-state index >= 15 is 0 Å². The summed E-state index contributed by atoms with van der Waals surface area (Å²) in [5.41, 5.74) is 13.1. The van der Waals surface area contributed by atoms with Gasteiger partial charge in [-0.3, -0.25) is 0 Å². The van der Waals surface area contributed by atoms with E-state index in [2.05, 4.69) is 229 Å². The van der Waals surface area contributed by atoms with Gasteiger partial charge in [0.25, 0.3) is 0 Å². The molecule has 0 spiro atoms. The molecule has 3 heteroatoms. The van der Waals surface area contributed by atoms with E-state index in [-0.39, 0.29) is 0 Å². The summed E-state index contributed by atoms with van der Waals surface area (Å²) in [6.07, 6.45) is 0. The third kappa shape index (κ3) is 6.29. The summed E-state index contributed by atoms with van der Waals surface area (Å²) < 4.78 is 5.31. The van der Waals surface area contributed by atoms with Gasteiger partial charge in [-0.05, 0) is 122 Å². The van der Waals surface area contributed by atoms with Crippen LogP contribution in [0, 0.1) is 0 Å². The number of benzene rings is 10. The maximum absolute atomic E-state index is 2.37. The van der Waals surface area contributed by atoms with Gasteiger partial charge in [0.1, 0.15) is 0 Å². The Morgan fingerprint density at radius 3 is 1.46 bits per heavy atom. The Balaban J connectivity index is 0.922. The molecule has 0 fully saturated rings. The molecule has 286 valence electrons. The molecule has 61 heavy (non-hydrogen) atoms. The minimum Gasteiger partial charge on any atom is -0.311 e. The number of hydrogen-bond acceptors (Lipinski definition) is 3. The second kappa shape index (κ2) is 14.8. The van der Waals surface area contributed by atoms with Crippen molar-refractivity contribution in [2.24, 2.45) is 0 Å². The predicted octanol–water partition coefficient (Wildman–Crippen LogP) is 17.7. The topological polar surface area (TPSA) is 3.24 Å². The van der Waals surface area contributed by atoms with Gasteiger partial charge in [0, 0.05) is 57.4 Å². The van der Waals surface area contributed by atoms with Crippen LogP contribution in [-0.2, 0) is 0 Å². The molecule has 0 unspecified atom stereocenters. The molecule has 0 saturated heterocycles. The number of fused-ring (bicyclic) bond motifs is 7. The molecule has 0 saturated carbocycles. The van der Waals surface area contributed by atoms with Crippen molar-refractivity contribution < 1.29 is 0 Å². The van der Waals surface area contributed by atoms with Crippen LogP contribution in [0.5, 0.6) is 0 Å². The van der Waals surface area contributed by atoms with Crippen LogP contribution in [0.15, 0.2) is 224 Å². The maximum Gasteiger partial charge on any atom is 0.0462 e. The summed E-state index contributed by atoms with van der Waals surface area (Å²) in [6, 6.07) is 82.4. The highest BCUT2D eigenvalue weighted by Crippen LogP contribution is 2.43. The molecule has 0 atom stereocenters. The molecular weight excluding hydrogens is 775 g/mol. The summed E-state index contributed by atoms with van der Waals surface area (Å²) in [7, 11) is 0. The van der Waals surface area contributed by atoms with E-state index in [0.717, 1.165) is 17.1 Å². The summed E-state index contributed by atoms with van der Waals surface area (Å²) in [5.74, 6) is 0. The van der Waals surface area contributed by atoms with Crippen molar-refractivity contribution in [3.63, 3.8) is 0 Å². The Morgan fingerprint density at radius 2 is 0.738 bits per heavy atom. The second-order valence-electron chi connectivity index (χ2n) is 15.7. The number of rotatable bonds is 7. The number of hydrogen-bond donors (Lipinski definition) is 0. The molecule has 2 aromatic heterocycles. The average Bonchev–Trinajstić information content (AvgIpc) is 3.91. The molecule has 2 heterocycles. The zero-order valence-electron chi connectivity index (χ0n) is 33.1. The zero-order valence-corrected chi connectivity index (χ0v) is 34.8. The standard InChI is InChI=1S/C58H37NS2/c1-2-14-48-40(10-1)11-8-17-49(48)44-13-7-12-42(36-44)38-22-29-45(30-23-38)59(46-31-24-39(25-32-46)43-28-35-57-54(37-43)52-16-4-5-20-55(52)60-57)47-33-26-41(27-34-47)50-18-9-19-53-51-15-3-6-21-56(51)61-58(50)53/h1-37H. The first-order valence-electron chi connectivity index (χ1n) is 20.7. The van der Waals surface area contributed by atoms with Gasteiger partial charge in [-0.25, -0.2) is 0 Å². The normalized spacial score (nSPS) is 11.6. The lowest BCUT2D eigenvalue weighted by Crippen LogP contribution is -2.09. The SMILES string of the molecule is c1cc(-c2ccc(N(c3ccc(-c4ccc5sc6ccccc6c5c4)cc3)c3ccc(-c4cccc5c4sc4ccccc45)cc3)cc2)cc(-c2cccc3ccccc23)c1. The minimum atomic E-state index is 1.10. The summed E-state index contributed by atoms with van der Waals surface area (Å²) in [5, 5.41) is 7.80. The molecule has 10 aromatic carbocycles. The van der Waals surface area contributed by atoms with Crippen LogP contribution in [0.4, 0.5) is 17.1 Å². The Kier molecular flexibility index (Phi) is 8.62. The highest BCUT2D eigenvalue weighted by atomic mass is 32.1. The summed E-state index contributed by atoms with van der Waals surface area (Å²) in [6.45, 7) is 0. The first kappa shape index (κ1) is 35.6. The van der Waals surface area contributed by atoms with Crippen LogP contribution in [0.2, 0.25) is 0 Å². The quantitative estimate of drug-likeness (QED) is 0.155. The monoisotopic (exact) mass is 811 g/mol. The number of anilines is 3. The van der Waals surface area contributed by atoms with Gasteiger partial charge in [0.2, 0.25) is 0 Å². The van der Waals surface area contributed by atoms with Crippen LogP contribution >= 0.6 is 22.7 Å². The van der Waals surface area contributed by atoms with Crippen molar-refractivity contribution in [3.8, 4) is 44.5 Å². The Morgan fingerprint density at radius 1 is 0.262 bits per heavy atom. The van der Waals surface area contributed by atoms with E-state index in [1.54, 1.807) is 0 Å². The van der Waals surface area contributed by atoms with Crippen molar-refractivity contribution in [3.05, 3.63) is 224 Å². The predicted molar refractivity (Wildman–Crippen MR) is 266 cm³/mol. The van der Waals surface area contributed by atoms with Gasteiger partial charge in [0.05, 0.1) is 0 Å². The first-order valence-corrected chi connectivity index (χ1v) is 22.4. The largest absolute Gasteiger partial charge is 0.311 e. The highest BCUT2D eigenvalue weighted by molar-refractivity contribution is 7.26. The van der Waals surface area contributed by atoms with Crippen LogP contribution in [0.25, 0.3) is 95.6 Å². The van der Waals surface area contributed by atoms with Crippen LogP contribution in [0.1, 0.15) is 0 Å². The molecule has 0 N–H and O–H groups in total. The smallest absolute Gasteiger partial charge is 0.0462 e. The zero-order chi connectivity index (χ0) is 40.3. The second-order valence-corrected chi connectivity index (χ2v) is 17.8. The van der Waals surface area contributed by atoms with Gasteiger partial charge < -0.3 is 4.90 Å². The van der Waals surface area contributed by atoms with E-state index in [4.69, 9.17) is 0 Å². The van der Waals surface area contributed by atoms with Crippen LogP contribution < -0.4 is 4.90 Å². The Labute approximate surface area is 362 Å². The third-order valence-electron chi connectivity index (χ3n) is 12.1. The number of thiophene rings is 2. The molecule has 0 aliphatic carbocycles. The van der Waals surface area contributed by atoms with E-state index in [1.165, 1.54) is 95.6 Å². The molecule has 0 aliphatic rings. The molecule has 12 rings (SSSR count). The van der Waals surface area contributed by atoms with Gasteiger partial charge in [-0.1, -0.05) is 158 Å². The molecule has 0 amide bonds. The lowest BCUT2D eigenvalue weighted by atomic mass is 9.95. The van der Waals surface area contributed by atoms with Crippen molar-refractivity contribution >= 4 is 90.9 Å². The first-order chi connectivity index (χ1) is 30.2. The molecular formula is C58H37NS2. The van der Waals surface area contributed by atoms with Crippen LogP contribution in [-0.4, -0.2) is 0 Å². The fourth-order valence-electron chi connectivity index (χ4n) is 9.07. The molecule has 1 nitrogen and oxygen atoms in total. The van der Waals surface area contributed by atoms with Crippen molar-refractivity contribution in [1.82, 2.24) is 0 Å². The van der Waals surface area contributed by atoms with Gasteiger partial charge >= 0.3 is 0 Å². The van der Waals surface area contributed by atoms with E-state index in [0.29, 0.717) is 0 Å². The van der Waals surface area contributed by atoms with Crippen molar-refractivity contribution in [2.75, 3.05) is 4.90 Å². The minimum absolute atomic E-state index is 1.10. The average molecular weight is 812 g/mol. The van der Waals surface area contributed by atoms with Crippen molar-refractivity contribution in [2.45, 2.75) is 0 Å².